The Morgan fingerprint density at radius 2 is 2.00 bits per heavy atom. The number of rotatable bonds is 6. The van der Waals surface area contributed by atoms with Crippen LogP contribution < -0.4 is 0 Å². The first-order chi connectivity index (χ1) is 5.99. The van der Waals surface area contributed by atoms with Gasteiger partial charge in [0.15, 0.2) is 0 Å². The number of sulfone groups is 1. The zero-order valence-electron chi connectivity index (χ0n) is 8.00. The molecule has 1 aliphatic carbocycles. The highest BCUT2D eigenvalue weighted by Crippen LogP contribution is 2.37. The third-order valence-corrected chi connectivity index (χ3v) is 3.98. The molecule has 0 bridgehead atoms. The van der Waals surface area contributed by atoms with E-state index in [2.05, 4.69) is 0 Å². The Balaban J connectivity index is 2.00. The number of unbranched alkanes of at least 4 members (excludes halogenated alkanes) is 1. The third kappa shape index (κ3) is 5.53. The average Bonchev–Trinajstić information content (AvgIpc) is 2.77. The van der Waals surface area contributed by atoms with Crippen LogP contribution in [0.25, 0.3) is 0 Å². The second-order valence-electron chi connectivity index (χ2n) is 3.98. The second kappa shape index (κ2) is 4.65. The van der Waals surface area contributed by atoms with Gasteiger partial charge in [0.05, 0.1) is 0 Å². The molecule has 0 heterocycles. The van der Waals surface area contributed by atoms with Gasteiger partial charge < -0.3 is 0 Å². The Bertz CT molecular complexity index is 244. The van der Waals surface area contributed by atoms with Crippen molar-refractivity contribution in [3.8, 4) is 0 Å². The molecule has 0 aromatic carbocycles. The van der Waals surface area contributed by atoms with E-state index in [1.165, 1.54) is 19.1 Å². The van der Waals surface area contributed by atoms with Crippen LogP contribution in [0, 0.1) is 5.92 Å². The highest BCUT2D eigenvalue weighted by atomic mass is 35.5. The molecule has 0 aromatic heterocycles. The van der Waals surface area contributed by atoms with Crippen LogP contribution >= 0.6 is 11.6 Å². The van der Waals surface area contributed by atoms with Gasteiger partial charge in [-0.2, -0.15) is 0 Å². The molecule has 78 valence electrons. The van der Waals surface area contributed by atoms with Gasteiger partial charge in [0.1, 0.15) is 9.84 Å². The minimum absolute atomic E-state index is 0.291. The average molecular weight is 225 g/mol. The zero-order chi connectivity index (χ0) is 9.90. The van der Waals surface area contributed by atoms with Gasteiger partial charge in [0, 0.05) is 17.4 Å². The van der Waals surface area contributed by atoms with E-state index in [-0.39, 0.29) is 0 Å². The van der Waals surface area contributed by atoms with Crippen LogP contribution in [0.2, 0.25) is 0 Å². The van der Waals surface area contributed by atoms with Crippen molar-refractivity contribution < 1.29 is 8.42 Å². The van der Waals surface area contributed by atoms with Gasteiger partial charge in [0.25, 0.3) is 0 Å². The smallest absolute Gasteiger partial charge is 0.147 e. The summed E-state index contributed by atoms with van der Waals surface area (Å²) >= 11 is 6.08. The van der Waals surface area contributed by atoms with Crippen molar-refractivity contribution in [2.75, 3.05) is 12.0 Å². The van der Waals surface area contributed by atoms with E-state index >= 15 is 0 Å². The van der Waals surface area contributed by atoms with E-state index in [9.17, 15) is 8.42 Å². The van der Waals surface area contributed by atoms with Crippen molar-refractivity contribution in [1.82, 2.24) is 0 Å². The van der Waals surface area contributed by atoms with Crippen LogP contribution in [-0.4, -0.2) is 25.8 Å². The molecule has 1 aliphatic rings. The molecule has 1 fully saturated rings. The summed E-state index contributed by atoms with van der Waals surface area (Å²) in [7, 11) is -2.77. The molecule has 0 saturated heterocycles. The summed E-state index contributed by atoms with van der Waals surface area (Å²) < 4.78 is 21.6. The molecule has 0 spiro atoms. The lowest BCUT2D eigenvalue weighted by molar-refractivity contribution is 0.589. The summed E-state index contributed by atoms with van der Waals surface area (Å²) in [5.74, 6) is 1.03. The van der Waals surface area contributed by atoms with Crippen molar-refractivity contribution in [3.63, 3.8) is 0 Å². The first-order valence-corrected chi connectivity index (χ1v) is 7.30. The molecule has 1 atom stereocenters. The Morgan fingerprint density at radius 3 is 2.46 bits per heavy atom. The van der Waals surface area contributed by atoms with Crippen LogP contribution in [0.4, 0.5) is 0 Å². The van der Waals surface area contributed by atoms with Crippen LogP contribution in [-0.2, 0) is 9.84 Å². The molecule has 1 rings (SSSR count). The molecule has 0 aromatic rings. The Labute approximate surface area is 85.6 Å². The van der Waals surface area contributed by atoms with Crippen molar-refractivity contribution in [3.05, 3.63) is 0 Å². The van der Waals surface area contributed by atoms with Crippen LogP contribution in [0.15, 0.2) is 0 Å². The van der Waals surface area contributed by atoms with Gasteiger partial charge in [-0.3, -0.25) is 0 Å². The van der Waals surface area contributed by atoms with Crippen LogP contribution in [0.5, 0.6) is 0 Å². The summed E-state index contributed by atoms with van der Waals surface area (Å²) in [6.45, 7) is 0. The van der Waals surface area contributed by atoms with Crippen molar-refractivity contribution in [1.29, 1.82) is 0 Å². The van der Waals surface area contributed by atoms with Crippen LogP contribution in [0.3, 0.4) is 0 Å². The summed E-state index contributed by atoms with van der Waals surface area (Å²) in [6.07, 6.45) is 6.49. The minimum atomic E-state index is -2.77. The fourth-order valence-corrected chi connectivity index (χ4v) is 2.53. The van der Waals surface area contributed by atoms with Crippen molar-refractivity contribution in [2.24, 2.45) is 5.92 Å². The molecule has 1 unspecified atom stereocenters. The molecule has 0 radical (unpaired) electrons. The lowest BCUT2D eigenvalue weighted by Crippen LogP contribution is -2.05. The van der Waals surface area contributed by atoms with Gasteiger partial charge in [-0.1, -0.05) is 6.42 Å². The van der Waals surface area contributed by atoms with E-state index in [1.807, 2.05) is 0 Å². The van der Waals surface area contributed by atoms with E-state index < -0.39 is 9.84 Å². The maximum atomic E-state index is 10.8. The maximum Gasteiger partial charge on any atom is 0.147 e. The lowest BCUT2D eigenvalue weighted by atomic mass is 10.1. The molecule has 0 N–H and O–H groups in total. The van der Waals surface area contributed by atoms with Crippen molar-refractivity contribution in [2.45, 2.75) is 37.5 Å². The van der Waals surface area contributed by atoms with Gasteiger partial charge in [-0.15, -0.1) is 11.6 Å². The molecular weight excluding hydrogens is 208 g/mol. The Hall–Kier alpha value is 0.240. The van der Waals surface area contributed by atoms with E-state index in [4.69, 9.17) is 11.6 Å². The van der Waals surface area contributed by atoms with E-state index in [0.717, 1.165) is 25.2 Å². The predicted molar refractivity (Wildman–Crippen MR) is 55.9 cm³/mol. The largest absolute Gasteiger partial charge is 0.229 e. The molecule has 2 nitrogen and oxygen atoms in total. The standard InChI is InChI=1S/C9H17ClO2S/c1-13(11,12)7-3-2-4-9(10)8-5-6-8/h8-9H,2-7H2,1H3. The summed E-state index contributed by atoms with van der Waals surface area (Å²) in [6, 6.07) is 0. The predicted octanol–water partition coefficient (Wildman–Crippen LogP) is 2.22. The summed E-state index contributed by atoms with van der Waals surface area (Å²) in [4.78, 5) is 0. The third-order valence-electron chi connectivity index (χ3n) is 2.38. The van der Waals surface area contributed by atoms with Gasteiger partial charge in [0.2, 0.25) is 0 Å². The van der Waals surface area contributed by atoms with Crippen molar-refractivity contribution >= 4 is 21.4 Å². The zero-order valence-corrected chi connectivity index (χ0v) is 9.57. The number of alkyl halides is 1. The quantitative estimate of drug-likeness (QED) is 0.512. The number of hydrogen-bond donors (Lipinski definition) is 0. The highest BCUT2D eigenvalue weighted by Gasteiger charge is 2.28. The van der Waals surface area contributed by atoms with Gasteiger partial charge in [-0.25, -0.2) is 8.42 Å². The fourth-order valence-electron chi connectivity index (χ4n) is 1.40. The number of hydrogen-bond acceptors (Lipinski definition) is 2. The topological polar surface area (TPSA) is 34.1 Å². The SMILES string of the molecule is CS(=O)(=O)CCCCC(Cl)C1CC1. The number of halogens is 1. The molecule has 1 saturated carbocycles. The van der Waals surface area contributed by atoms with Crippen LogP contribution in [0.1, 0.15) is 32.1 Å². The monoisotopic (exact) mass is 224 g/mol. The minimum Gasteiger partial charge on any atom is -0.229 e. The van der Waals surface area contributed by atoms with Gasteiger partial charge in [-0.05, 0) is 31.6 Å². The lowest BCUT2D eigenvalue weighted by Gasteiger charge is -2.06. The molecule has 13 heavy (non-hydrogen) atoms. The van der Waals surface area contributed by atoms with Gasteiger partial charge >= 0.3 is 0 Å². The molecule has 0 aliphatic heterocycles. The molecule has 0 amide bonds. The normalized spacial score (nSPS) is 20.2. The van der Waals surface area contributed by atoms with E-state index in [1.54, 1.807) is 0 Å². The molecular formula is C9H17ClO2S. The summed E-state index contributed by atoms with van der Waals surface area (Å²) in [5, 5.41) is 0.291. The first kappa shape index (κ1) is 11.3. The first-order valence-electron chi connectivity index (χ1n) is 4.81. The fraction of sp³-hybridized carbons (Fsp3) is 1.00. The highest BCUT2D eigenvalue weighted by molar-refractivity contribution is 7.90. The second-order valence-corrected chi connectivity index (χ2v) is 6.80. The molecule has 4 heteroatoms. The maximum absolute atomic E-state index is 10.8. The van der Waals surface area contributed by atoms with E-state index in [0.29, 0.717) is 11.1 Å². The Morgan fingerprint density at radius 1 is 1.38 bits per heavy atom. The summed E-state index contributed by atoms with van der Waals surface area (Å²) in [5.41, 5.74) is 0. The Kier molecular flexibility index (Phi) is 4.05.